The molecular formula is C25H34FN3O5SSi. The van der Waals surface area contributed by atoms with Gasteiger partial charge in [0.05, 0.1) is 11.3 Å². The number of sulfonamides is 1. The number of hydrogen-bond acceptors (Lipinski definition) is 5. The predicted molar refractivity (Wildman–Crippen MR) is 139 cm³/mol. The Morgan fingerprint density at radius 1 is 1.22 bits per heavy atom. The van der Waals surface area contributed by atoms with Gasteiger partial charge in [-0.15, -0.1) is 0 Å². The Balaban J connectivity index is 1.90. The second-order valence-corrected chi connectivity index (χ2v) is 16.9. The van der Waals surface area contributed by atoms with E-state index in [1.165, 1.54) is 12.1 Å². The number of rotatable bonds is 11. The summed E-state index contributed by atoms with van der Waals surface area (Å²) >= 11 is 0. The van der Waals surface area contributed by atoms with Crippen molar-refractivity contribution in [2.24, 2.45) is 0 Å². The maximum absolute atomic E-state index is 13.4. The van der Waals surface area contributed by atoms with Crippen molar-refractivity contribution in [3.8, 4) is 0 Å². The summed E-state index contributed by atoms with van der Waals surface area (Å²) in [6.45, 7) is 11.2. The van der Waals surface area contributed by atoms with Gasteiger partial charge in [-0.1, -0.05) is 20.8 Å². The van der Waals surface area contributed by atoms with Crippen LogP contribution in [0.3, 0.4) is 0 Å². The highest BCUT2D eigenvalue weighted by atomic mass is 32.2. The smallest absolute Gasteiger partial charge is 0.307 e. The van der Waals surface area contributed by atoms with Crippen molar-refractivity contribution in [1.29, 1.82) is 0 Å². The Bertz CT molecular complexity index is 1320. The largest absolute Gasteiger partial charge is 0.481 e. The lowest BCUT2D eigenvalue weighted by Gasteiger charge is -2.36. The van der Waals surface area contributed by atoms with Crippen LogP contribution in [0, 0.1) is 5.82 Å². The number of benzene rings is 1. The molecule has 0 bridgehead atoms. The summed E-state index contributed by atoms with van der Waals surface area (Å²) < 4.78 is 50.4. The Hall–Kier alpha value is -2.60. The van der Waals surface area contributed by atoms with Crippen molar-refractivity contribution < 1.29 is 27.1 Å². The van der Waals surface area contributed by atoms with Gasteiger partial charge in [0.2, 0.25) is 10.0 Å². The number of pyridine rings is 1. The fourth-order valence-electron chi connectivity index (χ4n) is 3.64. The molecular weight excluding hydrogens is 501 g/mol. The van der Waals surface area contributed by atoms with E-state index < -0.39 is 36.2 Å². The molecule has 2 heterocycles. The number of carboxylic acids is 1. The number of hydrogen-bond donors (Lipinski definition) is 2. The Morgan fingerprint density at radius 3 is 2.50 bits per heavy atom. The van der Waals surface area contributed by atoms with Crippen LogP contribution in [0.5, 0.6) is 0 Å². The first kappa shape index (κ1) is 28.0. The fraction of sp³-hybridized carbons (Fsp3) is 0.440. The van der Waals surface area contributed by atoms with Crippen LogP contribution in [-0.2, 0) is 32.2 Å². The number of halogens is 1. The van der Waals surface area contributed by atoms with Gasteiger partial charge in [0.25, 0.3) is 0 Å². The van der Waals surface area contributed by atoms with Crippen LogP contribution in [0.4, 0.5) is 4.39 Å². The predicted octanol–water partition coefficient (Wildman–Crippen LogP) is 4.56. The molecule has 2 N–H and O–H groups in total. The van der Waals surface area contributed by atoms with E-state index in [-0.39, 0.29) is 22.9 Å². The number of nitrogens with one attached hydrogen (secondary N) is 1. The van der Waals surface area contributed by atoms with Crippen LogP contribution in [-0.4, -0.2) is 50.0 Å². The van der Waals surface area contributed by atoms with Crippen molar-refractivity contribution in [3.05, 3.63) is 60.2 Å². The van der Waals surface area contributed by atoms with E-state index in [0.717, 1.165) is 12.1 Å². The molecule has 0 amide bonds. The fourth-order valence-corrected chi connectivity index (χ4v) is 5.96. The summed E-state index contributed by atoms with van der Waals surface area (Å²) in [7, 11) is -6.00. The molecule has 0 fully saturated rings. The molecule has 11 heteroatoms. The molecule has 0 spiro atoms. The summed E-state index contributed by atoms with van der Waals surface area (Å²) in [6.07, 6.45) is 3.53. The first-order chi connectivity index (χ1) is 16.7. The normalized spacial score (nSPS) is 13.7. The topological polar surface area (TPSA) is 111 Å². The first-order valence-electron chi connectivity index (χ1n) is 11.8. The molecule has 0 saturated heterocycles. The Labute approximate surface area is 212 Å². The van der Waals surface area contributed by atoms with E-state index in [0.29, 0.717) is 29.6 Å². The second-order valence-electron chi connectivity index (χ2n) is 10.4. The van der Waals surface area contributed by atoms with Crippen molar-refractivity contribution in [1.82, 2.24) is 14.3 Å². The molecule has 8 nitrogen and oxygen atoms in total. The molecule has 36 heavy (non-hydrogen) atoms. The van der Waals surface area contributed by atoms with Crippen LogP contribution in [0.25, 0.3) is 11.0 Å². The van der Waals surface area contributed by atoms with Gasteiger partial charge in [-0.25, -0.2) is 22.5 Å². The van der Waals surface area contributed by atoms with Gasteiger partial charge >= 0.3 is 5.97 Å². The average molecular weight is 536 g/mol. The molecule has 2 aromatic heterocycles. The van der Waals surface area contributed by atoms with Crippen LogP contribution in [0.15, 0.2) is 53.7 Å². The first-order valence-corrected chi connectivity index (χ1v) is 16.2. The van der Waals surface area contributed by atoms with Gasteiger partial charge in [0.15, 0.2) is 8.32 Å². The van der Waals surface area contributed by atoms with E-state index in [1.807, 2.05) is 0 Å². The zero-order valence-corrected chi connectivity index (χ0v) is 23.1. The average Bonchev–Trinajstić information content (AvgIpc) is 3.09. The quantitative estimate of drug-likeness (QED) is 0.348. The number of fused-ring (bicyclic) bond motifs is 1. The Kier molecular flexibility index (Phi) is 8.39. The SMILES string of the molecule is CC(C)(C)[Si](C)(C)OCC[C@H](Cn1cc(CC(=O)O)c2cccnc21)NS(=O)(=O)c1ccc(F)cc1. The maximum Gasteiger partial charge on any atom is 0.307 e. The molecule has 0 saturated carbocycles. The minimum Gasteiger partial charge on any atom is -0.481 e. The third-order valence-corrected chi connectivity index (χ3v) is 12.7. The third kappa shape index (κ3) is 6.78. The number of aromatic nitrogens is 2. The molecule has 3 aromatic rings. The highest BCUT2D eigenvalue weighted by Crippen LogP contribution is 2.36. The van der Waals surface area contributed by atoms with E-state index in [1.54, 1.807) is 29.1 Å². The monoisotopic (exact) mass is 535 g/mol. The van der Waals surface area contributed by atoms with Crippen LogP contribution >= 0.6 is 0 Å². The number of nitrogens with zero attached hydrogens (tertiary/aromatic N) is 2. The van der Waals surface area contributed by atoms with Crippen molar-refractivity contribution >= 4 is 35.3 Å². The lowest BCUT2D eigenvalue weighted by molar-refractivity contribution is -0.136. The van der Waals surface area contributed by atoms with Gasteiger partial charge in [-0.05, 0) is 66.5 Å². The summed E-state index contributed by atoms with van der Waals surface area (Å²) in [4.78, 5) is 15.7. The van der Waals surface area contributed by atoms with Crippen molar-refractivity contribution in [2.45, 2.75) is 69.2 Å². The highest BCUT2D eigenvalue weighted by Gasteiger charge is 2.37. The lowest BCUT2D eigenvalue weighted by atomic mass is 10.2. The molecule has 0 radical (unpaired) electrons. The van der Waals surface area contributed by atoms with Crippen molar-refractivity contribution in [2.75, 3.05) is 6.61 Å². The molecule has 0 aliphatic carbocycles. The zero-order valence-electron chi connectivity index (χ0n) is 21.3. The van der Waals surface area contributed by atoms with Gasteiger partial charge in [0, 0.05) is 37.0 Å². The van der Waals surface area contributed by atoms with Crippen molar-refractivity contribution in [3.63, 3.8) is 0 Å². The van der Waals surface area contributed by atoms with Gasteiger partial charge in [0.1, 0.15) is 11.5 Å². The Morgan fingerprint density at radius 2 is 1.89 bits per heavy atom. The van der Waals surface area contributed by atoms with Gasteiger partial charge in [-0.3, -0.25) is 4.79 Å². The standard InChI is InChI=1S/C25H34FN3O5SSi/c1-25(2,3)36(4,5)34-14-12-20(28-35(32,33)21-10-8-19(26)9-11-21)17-29-16-18(15-23(30)31)22-7-6-13-27-24(22)29/h6-11,13,16,20,28H,12,14-15,17H2,1-5H3,(H,30,31)/t20-/m1/s1. The van der Waals surface area contributed by atoms with E-state index >= 15 is 0 Å². The second kappa shape index (κ2) is 10.8. The molecule has 1 aromatic carbocycles. The molecule has 3 rings (SSSR count). The minimum absolute atomic E-state index is 0.00238. The summed E-state index contributed by atoms with van der Waals surface area (Å²) in [6, 6.07) is 7.60. The zero-order chi connectivity index (χ0) is 26.7. The number of carboxylic acid groups (broad SMARTS) is 1. The van der Waals surface area contributed by atoms with E-state index in [2.05, 4.69) is 43.6 Å². The summed E-state index contributed by atoms with van der Waals surface area (Å²) in [5.41, 5.74) is 1.17. The van der Waals surface area contributed by atoms with E-state index in [4.69, 9.17) is 4.43 Å². The van der Waals surface area contributed by atoms with Crippen LogP contribution in [0.2, 0.25) is 18.1 Å². The van der Waals surface area contributed by atoms with Crippen LogP contribution < -0.4 is 4.72 Å². The van der Waals surface area contributed by atoms with E-state index in [9.17, 15) is 22.7 Å². The summed E-state index contributed by atoms with van der Waals surface area (Å²) in [5.74, 6) is -1.49. The molecule has 196 valence electrons. The van der Waals surface area contributed by atoms with Crippen LogP contribution in [0.1, 0.15) is 32.8 Å². The molecule has 0 aliphatic rings. The lowest BCUT2D eigenvalue weighted by Crippen LogP contribution is -2.43. The molecule has 1 atom stereocenters. The third-order valence-electron chi connectivity index (χ3n) is 6.66. The molecule has 0 unspecified atom stereocenters. The molecule has 0 aliphatic heterocycles. The minimum atomic E-state index is -3.94. The van der Waals surface area contributed by atoms with Gasteiger partial charge in [-0.2, -0.15) is 0 Å². The number of carbonyl (C=O) groups is 1. The van der Waals surface area contributed by atoms with Gasteiger partial charge < -0.3 is 14.1 Å². The summed E-state index contributed by atoms with van der Waals surface area (Å²) in [5, 5.41) is 10.0. The number of aliphatic carboxylic acids is 1. The maximum atomic E-state index is 13.4. The highest BCUT2D eigenvalue weighted by molar-refractivity contribution is 7.89.